The quantitative estimate of drug-likeness (QED) is 0.736. The molecule has 4 heteroatoms. The molecule has 80 valence electrons. The molecule has 0 saturated carbocycles. The maximum atomic E-state index is 13.2. The molecule has 1 fully saturated rings. The number of hydrogen-bond donors (Lipinski definition) is 0. The van der Waals surface area contributed by atoms with E-state index in [0.717, 1.165) is 0 Å². The van der Waals surface area contributed by atoms with Crippen LogP contribution in [-0.4, -0.2) is 30.0 Å². The van der Waals surface area contributed by atoms with E-state index in [1.807, 2.05) is 0 Å². The van der Waals surface area contributed by atoms with Crippen LogP contribution in [0.25, 0.3) is 0 Å². The highest BCUT2D eigenvalue weighted by atomic mass is 32.2. The number of thioether (sulfide) groups is 1. The van der Waals surface area contributed by atoms with Crippen molar-refractivity contribution in [1.29, 1.82) is 0 Å². The first-order chi connectivity index (χ1) is 7.27. The van der Waals surface area contributed by atoms with Gasteiger partial charge in [-0.1, -0.05) is 12.1 Å². The van der Waals surface area contributed by atoms with E-state index in [1.165, 1.54) is 23.9 Å². The van der Waals surface area contributed by atoms with Crippen molar-refractivity contribution in [2.75, 3.05) is 19.0 Å². The molecule has 2 nitrogen and oxygen atoms in total. The average molecular weight is 226 g/mol. The first kappa shape index (κ1) is 10.6. The highest BCUT2D eigenvalue weighted by Crippen LogP contribution is 2.20. The molecule has 1 aromatic carbocycles. The number of rotatable bonds is 4. The standard InChI is InChI=1S/C11H11FO2S/c12-10-4-2-1-3-9(10)11(13)7-15-8-5-14-6-8/h1-4,8H,5-7H2. The molecule has 0 radical (unpaired) electrons. The molecule has 0 aliphatic carbocycles. The normalized spacial score (nSPS) is 16.1. The van der Waals surface area contributed by atoms with Gasteiger partial charge >= 0.3 is 0 Å². The monoisotopic (exact) mass is 226 g/mol. The fraction of sp³-hybridized carbons (Fsp3) is 0.364. The Morgan fingerprint density at radius 2 is 2.20 bits per heavy atom. The molecular formula is C11H11FO2S. The Morgan fingerprint density at radius 1 is 1.47 bits per heavy atom. The smallest absolute Gasteiger partial charge is 0.175 e. The molecule has 0 unspecified atom stereocenters. The lowest BCUT2D eigenvalue weighted by Gasteiger charge is -2.24. The van der Waals surface area contributed by atoms with Gasteiger partial charge in [0.2, 0.25) is 0 Å². The summed E-state index contributed by atoms with van der Waals surface area (Å²) in [6, 6.07) is 6.09. The van der Waals surface area contributed by atoms with Crippen molar-refractivity contribution >= 4 is 17.5 Å². The van der Waals surface area contributed by atoms with Crippen LogP contribution in [-0.2, 0) is 4.74 Å². The Kier molecular flexibility index (Phi) is 3.38. The van der Waals surface area contributed by atoms with Gasteiger partial charge < -0.3 is 4.74 Å². The number of halogens is 1. The topological polar surface area (TPSA) is 26.3 Å². The first-order valence-corrected chi connectivity index (χ1v) is 5.79. The highest BCUT2D eigenvalue weighted by molar-refractivity contribution is 8.00. The lowest BCUT2D eigenvalue weighted by molar-refractivity contribution is 0.0455. The van der Waals surface area contributed by atoms with Crippen LogP contribution in [0.15, 0.2) is 24.3 Å². The summed E-state index contributed by atoms with van der Waals surface area (Å²) in [5, 5.41) is 0.403. The summed E-state index contributed by atoms with van der Waals surface area (Å²) in [6.45, 7) is 1.41. The van der Waals surface area contributed by atoms with Gasteiger partial charge in [-0.15, -0.1) is 11.8 Å². The fourth-order valence-electron chi connectivity index (χ4n) is 1.27. The number of Topliss-reactive ketones (excluding diaryl/α,β-unsaturated/α-hetero) is 1. The number of carbonyl (C=O) groups excluding carboxylic acids is 1. The highest BCUT2D eigenvalue weighted by Gasteiger charge is 2.20. The Morgan fingerprint density at radius 3 is 2.80 bits per heavy atom. The third-order valence-corrected chi connectivity index (χ3v) is 3.40. The minimum Gasteiger partial charge on any atom is -0.379 e. The van der Waals surface area contributed by atoms with Crippen molar-refractivity contribution in [3.8, 4) is 0 Å². The zero-order chi connectivity index (χ0) is 10.7. The Balaban J connectivity index is 1.92. The predicted molar refractivity (Wildman–Crippen MR) is 57.8 cm³/mol. The van der Waals surface area contributed by atoms with Gasteiger partial charge in [-0.3, -0.25) is 4.79 Å². The van der Waals surface area contributed by atoms with Crippen LogP contribution in [0.3, 0.4) is 0 Å². The summed E-state index contributed by atoms with van der Waals surface area (Å²) in [5.74, 6) is -0.257. The van der Waals surface area contributed by atoms with Crippen LogP contribution >= 0.6 is 11.8 Å². The number of ether oxygens (including phenoxy) is 1. The van der Waals surface area contributed by atoms with Crippen LogP contribution in [0.4, 0.5) is 4.39 Å². The molecule has 0 amide bonds. The van der Waals surface area contributed by atoms with E-state index in [4.69, 9.17) is 4.74 Å². The summed E-state index contributed by atoms with van der Waals surface area (Å²) < 4.78 is 18.2. The van der Waals surface area contributed by atoms with E-state index in [1.54, 1.807) is 12.1 Å². The summed E-state index contributed by atoms with van der Waals surface area (Å²) in [7, 11) is 0. The van der Waals surface area contributed by atoms with Crippen molar-refractivity contribution in [2.45, 2.75) is 5.25 Å². The number of hydrogen-bond acceptors (Lipinski definition) is 3. The van der Waals surface area contributed by atoms with E-state index in [-0.39, 0.29) is 11.3 Å². The van der Waals surface area contributed by atoms with Crippen LogP contribution in [0.5, 0.6) is 0 Å². The Hall–Kier alpha value is -0.870. The molecule has 0 aromatic heterocycles. The molecule has 1 heterocycles. The van der Waals surface area contributed by atoms with Crippen molar-refractivity contribution in [3.05, 3.63) is 35.6 Å². The molecule has 1 aliphatic heterocycles. The summed E-state index contributed by atoms with van der Waals surface area (Å²) >= 11 is 1.53. The number of ketones is 1. The molecular weight excluding hydrogens is 215 g/mol. The fourth-order valence-corrected chi connectivity index (χ4v) is 2.20. The van der Waals surface area contributed by atoms with Crippen molar-refractivity contribution in [3.63, 3.8) is 0 Å². The Bertz CT molecular complexity index is 363. The molecule has 0 spiro atoms. The third-order valence-electron chi connectivity index (χ3n) is 2.23. The minimum atomic E-state index is -0.437. The van der Waals surface area contributed by atoms with E-state index >= 15 is 0 Å². The average Bonchev–Trinajstić information content (AvgIpc) is 2.16. The van der Waals surface area contributed by atoms with Crippen LogP contribution < -0.4 is 0 Å². The number of carbonyl (C=O) groups is 1. The second-order valence-electron chi connectivity index (χ2n) is 3.37. The summed E-state index contributed by atoms with van der Waals surface area (Å²) in [4.78, 5) is 11.6. The van der Waals surface area contributed by atoms with E-state index < -0.39 is 5.82 Å². The first-order valence-electron chi connectivity index (χ1n) is 4.74. The molecule has 0 bridgehead atoms. The summed E-state index contributed by atoms with van der Waals surface area (Å²) in [6.07, 6.45) is 0. The van der Waals surface area contributed by atoms with Crippen LogP contribution in [0, 0.1) is 5.82 Å². The minimum absolute atomic E-state index is 0.148. The van der Waals surface area contributed by atoms with Crippen LogP contribution in [0.1, 0.15) is 10.4 Å². The SMILES string of the molecule is O=C(CSC1COC1)c1ccccc1F. The van der Waals surface area contributed by atoms with E-state index in [0.29, 0.717) is 24.2 Å². The van der Waals surface area contributed by atoms with Gasteiger partial charge in [-0.05, 0) is 12.1 Å². The Labute approximate surface area is 91.8 Å². The van der Waals surface area contributed by atoms with Gasteiger partial charge in [0.15, 0.2) is 5.78 Å². The van der Waals surface area contributed by atoms with E-state index in [2.05, 4.69) is 0 Å². The molecule has 2 rings (SSSR count). The molecule has 1 aromatic rings. The van der Waals surface area contributed by atoms with E-state index in [9.17, 15) is 9.18 Å². The lowest BCUT2D eigenvalue weighted by Crippen LogP contribution is -2.31. The van der Waals surface area contributed by atoms with Crippen molar-refractivity contribution < 1.29 is 13.9 Å². The molecule has 15 heavy (non-hydrogen) atoms. The molecule has 1 saturated heterocycles. The van der Waals surface area contributed by atoms with Gasteiger partial charge in [-0.2, -0.15) is 0 Å². The van der Waals surface area contributed by atoms with Gasteiger partial charge in [0.1, 0.15) is 5.82 Å². The van der Waals surface area contributed by atoms with Gasteiger partial charge in [0.05, 0.1) is 29.8 Å². The molecule has 0 N–H and O–H groups in total. The largest absolute Gasteiger partial charge is 0.379 e. The van der Waals surface area contributed by atoms with Gasteiger partial charge in [-0.25, -0.2) is 4.39 Å². The van der Waals surface area contributed by atoms with Crippen molar-refractivity contribution in [1.82, 2.24) is 0 Å². The zero-order valence-electron chi connectivity index (χ0n) is 8.11. The predicted octanol–water partition coefficient (Wildman–Crippen LogP) is 2.14. The zero-order valence-corrected chi connectivity index (χ0v) is 8.93. The van der Waals surface area contributed by atoms with Gasteiger partial charge in [0.25, 0.3) is 0 Å². The molecule has 0 atom stereocenters. The maximum absolute atomic E-state index is 13.2. The van der Waals surface area contributed by atoms with Crippen LogP contribution in [0.2, 0.25) is 0 Å². The second-order valence-corrected chi connectivity index (χ2v) is 4.66. The maximum Gasteiger partial charge on any atom is 0.175 e. The second kappa shape index (κ2) is 4.77. The third kappa shape index (κ3) is 2.58. The lowest BCUT2D eigenvalue weighted by atomic mass is 10.1. The number of benzene rings is 1. The molecule has 1 aliphatic rings. The van der Waals surface area contributed by atoms with Crippen molar-refractivity contribution in [2.24, 2.45) is 0 Å². The summed E-state index contributed by atoms with van der Waals surface area (Å²) in [5.41, 5.74) is 0.185. The van der Waals surface area contributed by atoms with Gasteiger partial charge in [0, 0.05) is 0 Å².